The Hall–Kier alpha value is -1.86. The molecule has 0 radical (unpaired) electrons. The lowest BCUT2D eigenvalue weighted by molar-refractivity contribution is 0.0596. The molecule has 1 N–H and O–H groups in total. The summed E-state index contributed by atoms with van der Waals surface area (Å²) >= 11 is 3.30. The zero-order chi connectivity index (χ0) is 16.3. The lowest BCUT2D eigenvalue weighted by Crippen LogP contribution is -2.18. The average Bonchev–Trinajstić information content (AvgIpc) is 2.50. The number of carbonyl (C=O) groups is 1. The molecule has 7 heteroatoms. The molecule has 0 saturated heterocycles. The predicted molar refractivity (Wildman–Crippen MR) is 87.5 cm³/mol. The number of nitrogens with one attached hydrogen (secondary N) is 1. The first-order valence-corrected chi connectivity index (χ1v) is 8.59. The summed E-state index contributed by atoms with van der Waals surface area (Å²) in [6, 6.07) is 11.2. The fourth-order valence-electron chi connectivity index (χ4n) is 1.88. The van der Waals surface area contributed by atoms with Crippen LogP contribution in [0.3, 0.4) is 0 Å². The normalized spacial score (nSPS) is 11.0. The molecular formula is C15H14BrNO4S. The van der Waals surface area contributed by atoms with Crippen molar-refractivity contribution in [3.63, 3.8) is 0 Å². The number of anilines is 1. The van der Waals surface area contributed by atoms with Gasteiger partial charge in [0.15, 0.2) is 0 Å². The average molecular weight is 384 g/mol. The first kappa shape index (κ1) is 16.5. The van der Waals surface area contributed by atoms with E-state index in [1.807, 2.05) is 6.07 Å². The number of sulfonamides is 1. The minimum absolute atomic E-state index is 0.00912. The van der Waals surface area contributed by atoms with E-state index in [-0.39, 0.29) is 10.5 Å². The van der Waals surface area contributed by atoms with E-state index in [9.17, 15) is 13.2 Å². The van der Waals surface area contributed by atoms with Gasteiger partial charge >= 0.3 is 5.97 Å². The highest BCUT2D eigenvalue weighted by Crippen LogP contribution is 2.25. The largest absolute Gasteiger partial charge is 0.465 e. The van der Waals surface area contributed by atoms with E-state index < -0.39 is 16.0 Å². The molecule has 22 heavy (non-hydrogen) atoms. The van der Waals surface area contributed by atoms with Gasteiger partial charge in [-0.3, -0.25) is 4.72 Å². The van der Waals surface area contributed by atoms with Crippen molar-refractivity contribution in [1.29, 1.82) is 0 Å². The van der Waals surface area contributed by atoms with Gasteiger partial charge in [-0.2, -0.15) is 0 Å². The smallest absolute Gasteiger partial charge is 0.339 e. The summed E-state index contributed by atoms with van der Waals surface area (Å²) in [5, 5.41) is 0. The van der Waals surface area contributed by atoms with Gasteiger partial charge in [-0.15, -0.1) is 0 Å². The Bertz CT molecular complexity index is 818. The van der Waals surface area contributed by atoms with Crippen molar-refractivity contribution in [1.82, 2.24) is 0 Å². The van der Waals surface area contributed by atoms with Crippen LogP contribution in [0.1, 0.15) is 15.9 Å². The summed E-state index contributed by atoms with van der Waals surface area (Å²) in [7, 11) is -2.70. The summed E-state index contributed by atoms with van der Waals surface area (Å²) in [5.74, 6) is -0.702. The zero-order valence-corrected chi connectivity index (χ0v) is 14.4. The van der Waals surface area contributed by atoms with E-state index in [1.54, 1.807) is 31.2 Å². The van der Waals surface area contributed by atoms with Crippen LogP contribution in [0.15, 0.2) is 51.8 Å². The molecule has 0 aliphatic rings. The molecule has 0 spiro atoms. The number of methoxy groups -OCH3 is 1. The van der Waals surface area contributed by atoms with Crippen LogP contribution in [-0.2, 0) is 14.8 Å². The second-order valence-electron chi connectivity index (χ2n) is 4.55. The minimum Gasteiger partial charge on any atom is -0.465 e. The number of ether oxygens (including phenoxy) is 1. The monoisotopic (exact) mass is 383 g/mol. The van der Waals surface area contributed by atoms with Gasteiger partial charge in [-0.05, 0) is 36.8 Å². The van der Waals surface area contributed by atoms with Crippen molar-refractivity contribution in [2.45, 2.75) is 11.8 Å². The number of halogens is 1. The molecule has 116 valence electrons. The Kier molecular flexibility index (Phi) is 4.87. The number of hydrogen-bond donors (Lipinski definition) is 1. The van der Waals surface area contributed by atoms with Gasteiger partial charge in [0.2, 0.25) is 0 Å². The van der Waals surface area contributed by atoms with Gasteiger partial charge in [0.25, 0.3) is 10.0 Å². The van der Waals surface area contributed by atoms with Gasteiger partial charge in [0.1, 0.15) is 4.90 Å². The van der Waals surface area contributed by atoms with E-state index in [4.69, 9.17) is 0 Å². The molecule has 2 aromatic rings. The predicted octanol–water partition coefficient (Wildman–Crippen LogP) is 3.34. The molecule has 0 aliphatic carbocycles. The van der Waals surface area contributed by atoms with Crippen LogP contribution < -0.4 is 4.72 Å². The highest BCUT2D eigenvalue weighted by atomic mass is 79.9. The Morgan fingerprint density at radius 1 is 1.18 bits per heavy atom. The molecular weight excluding hydrogens is 370 g/mol. The molecule has 5 nitrogen and oxygen atoms in total. The molecule has 2 rings (SSSR count). The van der Waals surface area contributed by atoms with E-state index in [1.165, 1.54) is 19.2 Å². The molecule has 0 unspecified atom stereocenters. The fourth-order valence-corrected chi connectivity index (χ4v) is 3.56. The highest BCUT2D eigenvalue weighted by Gasteiger charge is 2.23. The van der Waals surface area contributed by atoms with Crippen LogP contribution in [0.2, 0.25) is 0 Å². The highest BCUT2D eigenvalue weighted by molar-refractivity contribution is 9.10. The molecule has 0 aromatic heterocycles. The molecule has 0 amide bonds. The lowest BCUT2D eigenvalue weighted by atomic mass is 10.2. The summed E-state index contributed by atoms with van der Waals surface area (Å²) < 4.78 is 33.0. The maximum Gasteiger partial charge on any atom is 0.339 e. The van der Waals surface area contributed by atoms with Crippen molar-refractivity contribution in [2.24, 2.45) is 0 Å². The SMILES string of the molecule is COC(=O)c1ccccc1S(=O)(=O)Nc1cc(Br)ccc1C. The third kappa shape index (κ3) is 3.48. The van der Waals surface area contributed by atoms with Gasteiger partial charge in [-0.25, -0.2) is 13.2 Å². The van der Waals surface area contributed by atoms with Crippen molar-refractivity contribution in [3.8, 4) is 0 Å². The van der Waals surface area contributed by atoms with Crippen molar-refractivity contribution < 1.29 is 17.9 Å². The van der Waals surface area contributed by atoms with Crippen LogP contribution in [-0.4, -0.2) is 21.5 Å². The molecule has 0 bridgehead atoms. The first-order chi connectivity index (χ1) is 10.3. The second-order valence-corrected chi connectivity index (χ2v) is 7.12. The fraction of sp³-hybridized carbons (Fsp3) is 0.133. The summed E-state index contributed by atoms with van der Waals surface area (Å²) in [6.45, 7) is 1.79. The molecule has 0 saturated carbocycles. The molecule has 2 aromatic carbocycles. The van der Waals surface area contributed by atoms with Gasteiger partial charge < -0.3 is 4.74 Å². The summed E-state index contributed by atoms with van der Waals surface area (Å²) in [6.07, 6.45) is 0. The second kappa shape index (κ2) is 6.50. The number of esters is 1. The van der Waals surface area contributed by atoms with Crippen LogP contribution in [0, 0.1) is 6.92 Å². The summed E-state index contributed by atoms with van der Waals surface area (Å²) in [4.78, 5) is 11.6. The standard InChI is InChI=1S/C15H14BrNO4S/c1-10-7-8-11(16)9-13(10)17-22(19,20)14-6-4-3-5-12(14)15(18)21-2/h3-9,17H,1-2H3. The third-order valence-electron chi connectivity index (χ3n) is 3.03. The number of rotatable bonds is 4. The Balaban J connectivity index is 2.48. The molecule has 0 atom stereocenters. The Labute approximate surface area is 137 Å². The van der Waals surface area contributed by atoms with E-state index in [2.05, 4.69) is 25.4 Å². The molecule has 0 heterocycles. The Morgan fingerprint density at radius 2 is 1.86 bits per heavy atom. The van der Waals surface area contributed by atoms with Crippen molar-refractivity contribution >= 4 is 37.6 Å². The van der Waals surface area contributed by atoms with Crippen molar-refractivity contribution in [2.75, 3.05) is 11.8 Å². The maximum absolute atomic E-state index is 12.6. The van der Waals surface area contributed by atoms with Crippen LogP contribution in [0.25, 0.3) is 0 Å². The van der Waals surface area contributed by atoms with E-state index in [0.29, 0.717) is 5.69 Å². The third-order valence-corrected chi connectivity index (χ3v) is 4.94. The van der Waals surface area contributed by atoms with Crippen LogP contribution in [0.4, 0.5) is 5.69 Å². The number of carbonyl (C=O) groups excluding carboxylic acids is 1. The zero-order valence-electron chi connectivity index (χ0n) is 12.0. The van der Waals surface area contributed by atoms with Gasteiger partial charge in [0, 0.05) is 4.47 Å². The minimum atomic E-state index is -3.91. The van der Waals surface area contributed by atoms with Gasteiger partial charge in [0.05, 0.1) is 18.4 Å². The topological polar surface area (TPSA) is 72.5 Å². The van der Waals surface area contributed by atoms with E-state index in [0.717, 1.165) is 10.0 Å². The van der Waals surface area contributed by atoms with Crippen molar-refractivity contribution in [3.05, 3.63) is 58.1 Å². The summed E-state index contributed by atoms with van der Waals surface area (Å²) in [5.41, 5.74) is 1.20. The Morgan fingerprint density at radius 3 is 2.55 bits per heavy atom. The van der Waals surface area contributed by atoms with Crippen LogP contribution >= 0.6 is 15.9 Å². The van der Waals surface area contributed by atoms with Gasteiger partial charge in [-0.1, -0.05) is 34.1 Å². The number of benzene rings is 2. The lowest BCUT2D eigenvalue weighted by Gasteiger charge is -2.13. The molecule has 0 fully saturated rings. The number of hydrogen-bond acceptors (Lipinski definition) is 4. The maximum atomic E-state index is 12.6. The van der Waals surface area contributed by atoms with E-state index >= 15 is 0 Å². The van der Waals surface area contributed by atoms with Crippen LogP contribution in [0.5, 0.6) is 0 Å². The molecule has 0 aliphatic heterocycles. The first-order valence-electron chi connectivity index (χ1n) is 6.31. The number of aryl methyl sites for hydroxylation is 1. The quantitative estimate of drug-likeness (QED) is 0.821.